The number of thioether (sulfide) groups is 1. The van der Waals surface area contributed by atoms with Crippen molar-refractivity contribution in [1.82, 2.24) is 4.98 Å². The van der Waals surface area contributed by atoms with E-state index in [1.807, 2.05) is 30.5 Å². The number of esters is 1. The number of pyridine rings is 1. The fraction of sp³-hybridized carbons (Fsp3) is 0.150. The second-order valence-electron chi connectivity index (χ2n) is 5.83. The van der Waals surface area contributed by atoms with Crippen molar-refractivity contribution in [2.75, 3.05) is 11.6 Å². The molecule has 1 aromatic heterocycles. The van der Waals surface area contributed by atoms with Gasteiger partial charge in [-0.3, -0.25) is 4.79 Å². The molecular formula is C20H17ClN2O3S. The van der Waals surface area contributed by atoms with Crippen LogP contribution >= 0.6 is 23.4 Å². The normalized spacial score (nSPS) is 10.6. The maximum absolute atomic E-state index is 12.2. The lowest BCUT2D eigenvalue weighted by Crippen LogP contribution is -2.08. The van der Waals surface area contributed by atoms with E-state index in [2.05, 4.69) is 10.3 Å². The highest BCUT2D eigenvalue weighted by Crippen LogP contribution is 2.25. The van der Waals surface area contributed by atoms with Gasteiger partial charge in [0.05, 0.1) is 11.1 Å². The van der Waals surface area contributed by atoms with Crippen molar-refractivity contribution in [2.45, 2.75) is 18.4 Å². The second kappa shape index (κ2) is 8.41. The van der Waals surface area contributed by atoms with Crippen molar-refractivity contribution in [3.63, 3.8) is 0 Å². The Bertz CT molecular complexity index is 1010. The lowest BCUT2D eigenvalue weighted by molar-refractivity contribution is -0.114. The average Bonchev–Trinajstić information content (AvgIpc) is 2.65. The van der Waals surface area contributed by atoms with Crippen molar-refractivity contribution in [3.8, 4) is 0 Å². The maximum Gasteiger partial charge on any atom is 0.338 e. The van der Waals surface area contributed by atoms with Gasteiger partial charge in [-0.2, -0.15) is 0 Å². The first-order chi connectivity index (χ1) is 13.0. The second-order valence-corrected chi connectivity index (χ2v) is 7.07. The molecule has 2 aromatic carbocycles. The summed E-state index contributed by atoms with van der Waals surface area (Å²) in [5, 5.41) is 3.89. The Morgan fingerprint density at radius 1 is 1.15 bits per heavy atom. The summed E-state index contributed by atoms with van der Waals surface area (Å²) in [7, 11) is 0. The molecule has 138 valence electrons. The third kappa shape index (κ3) is 4.78. The highest BCUT2D eigenvalue weighted by molar-refractivity contribution is 7.98. The fourth-order valence-corrected chi connectivity index (χ4v) is 3.15. The lowest BCUT2D eigenvalue weighted by Gasteiger charge is -2.09. The van der Waals surface area contributed by atoms with E-state index in [0.29, 0.717) is 22.0 Å². The summed E-state index contributed by atoms with van der Waals surface area (Å²) in [5.41, 5.74) is 2.45. The van der Waals surface area contributed by atoms with Crippen LogP contribution < -0.4 is 5.32 Å². The number of carbonyl (C=O) groups is 2. The summed E-state index contributed by atoms with van der Waals surface area (Å²) in [6.45, 7) is 1.45. The Balaban J connectivity index is 1.71. The number of hydrogen-bond acceptors (Lipinski definition) is 5. The van der Waals surface area contributed by atoms with Crippen molar-refractivity contribution >= 4 is 51.8 Å². The number of anilines is 1. The van der Waals surface area contributed by atoms with Gasteiger partial charge in [-0.1, -0.05) is 17.7 Å². The molecule has 0 aliphatic rings. The van der Waals surface area contributed by atoms with E-state index in [-0.39, 0.29) is 12.5 Å². The van der Waals surface area contributed by atoms with Crippen LogP contribution in [0.5, 0.6) is 0 Å². The molecule has 7 heteroatoms. The minimum Gasteiger partial charge on any atom is -0.457 e. The summed E-state index contributed by atoms with van der Waals surface area (Å²) < 4.78 is 5.35. The predicted molar refractivity (Wildman–Crippen MR) is 108 cm³/mol. The number of ether oxygens (including phenoxy) is 1. The highest BCUT2D eigenvalue weighted by Gasteiger charge is 2.11. The molecule has 0 fully saturated rings. The average molecular weight is 401 g/mol. The van der Waals surface area contributed by atoms with Gasteiger partial charge < -0.3 is 10.1 Å². The van der Waals surface area contributed by atoms with Crippen molar-refractivity contribution in [1.29, 1.82) is 0 Å². The molecule has 0 saturated heterocycles. The molecule has 0 saturated carbocycles. The van der Waals surface area contributed by atoms with Crippen molar-refractivity contribution in [2.24, 2.45) is 0 Å². The Morgan fingerprint density at radius 2 is 1.89 bits per heavy atom. The molecule has 0 unspecified atom stereocenters. The number of nitrogens with one attached hydrogen (secondary N) is 1. The van der Waals surface area contributed by atoms with Gasteiger partial charge in [0.1, 0.15) is 11.8 Å². The third-order valence-electron chi connectivity index (χ3n) is 3.85. The van der Waals surface area contributed by atoms with Crippen LogP contribution in [0.1, 0.15) is 22.8 Å². The maximum atomic E-state index is 12.2. The van der Waals surface area contributed by atoms with Gasteiger partial charge in [-0.15, -0.1) is 11.8 Å². The van der Waals surface area contributed by atoms with Gasteiger partial charge in [0.2, 0.25) is 5.91 Å². The van der Waals surface area contributed by atoms with Crippen LogP contribution in [0.15, 0.2) is 53.4 Å². The number of benzene rings is 2. The lowest BCUT2D eigenvalue weighted by atomic mass is 10.1. The predicted octanol–water partition coefficient (Wildman–Crippen LogP) is 4.93. The molecule has 1 N–H and O–H groups in total. The van der Waals surface area contributed by atoms with E-state index in [4.69, 9.17) is 16.3 Å². The minimum absolute atomic E-state index is 0.0261. The summed E-state index contributed by atoms with van der Waals surface area (Å²) in [4.78, 5) is 28.8. The van der Waals surface area contributed by atoms with Gasteiger partial charge in [0.25, 0.3) is 0 Å². The first-order valence-corrected chi connectivity index (χ1v) is 9.74. The number of hydrogen-bond donors (Lipinski definition) is 1. The van der Waals surface area contributed by atoms with Crippen LogP contribution in [0.2, 0.25) is 5.15 Å². The van der Waals surface area contributed by atoms with E-state index >= 15 is 0 Å². The molecular weight excluding hydrogens is 384 g/mol. The number of carbonyl (C=O) groups excluding carboxylic acids is 2. The van der Waals surface area contributed by atoms with E-state index in [9.17, 15) is 9.59 Å². The Hall–Kier alpha value is -2.57. The smallest absolute Gasteiger partial charge is 0.338 e. The van der Waals surface area contributed by atoms with Crippen LogP contribution in [-0.4, -0.2) is 23.1 Å². The number of aromatic nitrogens is 1. The zero-order valence-electron chi connectivity index (χ0n) is 14.8. The van der Waals surface area contributed by atoms with Crippen molar-refractivity contribution in [3.05, 3.63) is 64.8 Å². The van der Waals surface area contributed by atoms with Gasteiger partial charge in [-0.25, -0.2) is 9.78 Å². The highest BCUT2D eigenvalue weighted by atomic mass is 35.5. The van der Waals surface area contributed by atoms with Gasteiger partial charge in [-0.05, 0) is 48.7 Å². The molecule has 0 aliphatic heterocycles. The van der Waals surface area contributed by atoms with Gasteiger partial charge >= 0.3 is 5.97 Å². The molecule has 3 aromatic rings. The molecule has 27 heavy (non-hydrogen) atoms. The molecule has 0 radical (unpaired) electrons. The standard InChI is InChI=1S/C20H17ClN2O3S/c1-12(24)22-16-6-3-13(4-7-16)20(25)26-11-15-9-14-5-8-17(27-2)10-18(14)23-19(15)21/h3-10H,11H2,1-2H3,(H,22,24). The SMILES string of the molecule is CSc1ccc2cc(COC(=O)c3ccc(NC(C)=O)cc3)c(Cl)nc2c1. The number of fused-ring (bicyclic) bond motifs is 1. The largest absolute Gasteiger partial charge is 0.457 e. The van der Waals surface area contributed by atoms with E-state index in [1.165, 1.54) is 6.92 Å². The molecule has 1 amide bonds. The van der Waals surface area contributed by atoms with Crippen LogP contribution in [0.25, 0.3) is 10.9 Å². The van der Waals surface area contributed by atoms with Gasteiger partial charge in [0.15, 0.2) is 0 Å². The summed E-state index contributed by atoms with van der Waals surface area (Å²) >= 11 is 7.88. The van der Waals surface area contributed by atoms with Crippen LogP contribution in [0.4, 0.5) is 5.69 Å². The minimum atomic E-state index is -0.474. The first-order valence-electron chi connectivity index (χ1n) is 8.14. The number of amides is 1. The van der Waals surface area contributed by atoms with E-state index in [0.717, 1.165) is 15.8 Å². The van der Waals surface area contributed by atoms with Crippen molar-refractivity contribution < 1.29 is 14.3 Å². The summed E-state index contributed by atoms with van der Waals surface area (Å²) in [6, 6.07) is 14.3. The van der Waals surface area contributed by atoms with Gasteiger partial charge in [0, 0.05) is 28.5 Å². The molecule has 0 bridgehead atoms. The monoisotopic (exact) mass is 400 g/mol. The first kappa shape index (κ1) is 19.2. The van der Waals surface area contributed by atoms with E-state index in [1.54, 1.807) is 36.0 Å². The third-order valence-corrected chi connectivity index (χ3v) is 4.90. The number of nitrogens with zero attached hydrogens (tertiary/aromatic N) is 1. The molecule has 0 aliphatic carbocycles. The zero-order chi connectivity index (χ0) is 19.4. The number of halogens is 1. The molecule has 3 rings (SSSR count). The molecule has 1 heterocycles. The molecule has 5 nitrogen and oxygen atoms in total. The Labute approximate surface area is 166 Å². The van der Waals surface area contributed by atoms with E-state index < -0.39 is 5.97 Å². The zero-order valence-corrected chi connectivity index (χ0v) is 16.4. The fourth-order valence-electron chi connectivity index (χ4n) is 2.51. The van der Waals surface area contributed by atoms with Crippen LogP contribution in [0, 0.1) is 0 Å². The number of rotatable bonds is 5. The van der Waals surface area contributed by atoms with Crippen LogP contribution in [0.3, 0.4) is 0 Å². The summed E-state index contributed by atoms with van der Waals surface area (Å²) in [6.07, 6.45) is 2.00. The Morgan fingerprint density at radius 3 is 2.56 bits per heavy atom. The Kier molecular flexibility index (Phi) is 5.98. The molecule has 0 atom stereocenters. The molecule has 0 spiro atoms. The summed E-state index contributed by atoms with van der Waals surface area (Å²) in [5.74, 6) is -0.647. The topological polar surface area (TPSA) is 68.3 Å². The van der Waals surface area contributed by atoms with Crippen LogP contribution in [-0.2, 0) is 16.1 Å². The quantitative estimate of drug-likeness (QED) is 0.374.